The molecule has 0 aliphatic carbocycles. The van der Waals surface area contributed by atoms with E-state index in [-0.39, 0.29) is 6.61 Å². The first kappa shape index (κ1) is 18.4. The highest BCUT2D eigenvalue weighted by Crippen LogP contribution is 2.16. The molecule has 27 heavy (non-hydrogen) atoms. The van der Waals surface area contributed by atoms with Crippen molar-refractivity contribution in [3.8, 4) is 5.75 Å². The van der Waals surface area contributed by atoms with Crippen molar-refractivity contribution in [3.63, 3.8) is 0 Å². The van der Waals surface area contributed by atoms with Crippen LogP contribution in [0.25, 0.3) is 5.65 Å². The first-order valence-electron chi connectivity index (χ1n) is 8.47. The summed E-state index contributed by atoms with van der Waals surface area (Å²) in [5, 5.41) is 4.34. The molecule has 2 aromatic heterocycles. The van der Waals surface area contributed by atoms with Gasteiger partial charge in [-0.1, -0.05) is 17.7 Å². The number of nitrogens with one attached hydrogen (secondary N) is 2. The summed E-state index contributed by atoms with van der Waals surface area (Å²) in [5.41, 5.74) is 8.79. The van der Waals surface area contributed by atoms with Gasteiger partial charge in [-0.05, 0) is 45.9 Å². The molecular weight excluding hydrogens is 346 g/mol. The fourth-order valence-corrected chi connectivity index (χ4v) is 2.70. The minimum Gasteiger partial charge on any atom is -0.484 e. The van der Waals surface area contributed by atoms with Crippen LogP contribution in [0.15, 0.2) is 30.3 Å². The van der Waals surface area contributed by atoms with Gasteiger partial charge in [0.25, 0.3) is 11.8 Å². The zero-order valence-corrected chi connectivity index (χ0v) is 15.7. The number of rotatable bonds is 4. The van der Waals surface area contributed by atoms with Gasteiger partial charge in [0.05, 0.1) is 5.69 Å². The van der Waals surface area contributed by atoms with E-state index in [4.69, 9.17) is 4.74 Å². The Labute approximate surface area is 156 Å². The summed E-state index contributed by atoms with van der Waals surface area (Å²) < 4.78 is 6.99. The lowest BCUT2D eigenvalue weighted by Gasteiger charge is -2.09. The molecule has 3 rings (SSSR count). The number of hydrogen-bond acceptors (Lipinski definition) is 5. The van der Waals surface area contributed by atoms with E-state index in [1.807, 2.05) is 39.0 Å². The van der Waals surface area contributed by atoms with E-state index >= 15 is 0 Å². The summed E-state index contributed by atoms with van der Waals surface area (Å²) in [5.74, 6) is -0.377. The summed E-state index contributed by atoms with van der Waals surface area (Å²) in [7, 11) is 0. The number of hydrazine groups is 1. The van der Waals surface area contributed by atoms with E-state index in [0.29, 0.717) is 22.7 Å². The van der Waals surface area contributed by atoms with Crippen LogP contribution in [0.3, 0.4) is 0 Å². The highest BCUT2D eigenvalue weighted by Gasteiger charge is 2.20. The van der Waals surface area contributed by atoms with Gasteiger partial charge in [-0.2, -0.15) is 5.10 Å². The van der Waals surface area contributed by atoms with Crippen LogP contribution in [0.5, 0.6) is 5.75 Å². The molecule has 1 aromatic carbocycles. The van der Waals surface area contributed by atoms with Crippen LogP contribution in [0.1, 0.15) is 33.0 Å². The van der Waals surface area contributed by atoms with Crippen molar-refractivity contribution < 1.29 is 14.3 Å². The molecule has 8 nitrogen and oxygen atoms in total. The number of aryl methyl sites for hydroxylation is 4. The number of nitrogens with zero attached hydrogens (tertiary/aromatic N) is 3. The van der Waals surface area contributed by atoms with E-state index in [2.05, 4.69) is 20.9 Å². The topological polar surface area (TPSA) is 97.6 Å². The number of ether oxygens (including phenoxy) is 1. The van der Waals surface area contributed by atoms with Crippen molar-refractivity contribution in [3.05, 3.63) is 58.5 Å². The summed E-state index contributed by atoms with van der Waals surface area (Å²) >= 11 is 0. The van der Waals surface area contributed by atoms with Crippen molar-refractivity contribution in [2.24, 2.45) is 0 Å². The van der Waals surface area contributed by atoms with E-state index in [9.17, 15) is 9.59 Å². The monoisotopic (exact) mass is 367 g/mol. The van der Waals surface area contributed by atoms with Gasteiger partial charge in [0.2, 0.25) is 0 Å². The minimum absolute atomic E-state index is 0.215. The molecule has 3 aromatic rings. The maximum absolute atomic E-state index is 12.5. The molecule has 0 spiro atoms. The Bertz CT molecular complexity index is 1010. The number of benzene rings is 1. The number of amides is 2. The van der Waals surface area contributed by atoms with Gasteiger partial charge in [0, 0.05) is 11.4 Å². The van der Waals surface area contributed by atoms with Crippen molar-refractivity contribution in [1.29, 1.82) is 0 Å². The molecule has 2 amide bonds. The third-order valence-electron chi connectivity index (χ3n) is 4.00. The molecule has 0 radical (unpaired) electrons. The van der Waals surface area contributed by atoms with E-state index in [1.54, 1.807) is 23.6 Å². The summed E-state index contributed by atoms with van der Waals surface area (Å²) in [6.45, 7) is 7.21. The average Bonchev–Trinajstić information content (AvgIpc) is 2.95. The highest BCUT2D eigenvalue weighted by atomic mass is 16.5. The Morgan fingerprint density at radius 3 is 2.48 bits per heavy atom. The molecule has 140 valence electrons. The van der Waals surface area contributed by atoms with Gasteiger partial charge in [-0.25, -0.2) is 9.50 Å². The standard InChI is InChI=1S/C19H21N5O3/c1-11-5-7-15(8-6-11)27-10-16(25)21-22-19(26)17-14(4)23-24-13(3)9-12(2)20-18(17)24/h5-9H,10H2,1-4H3,(H,21,25)(H,22,26). The van der Waals surface area contributed by atoms with Gasteiger partial charge in [-0.15, -0.1) is 0 Å². The van der Waals surface area contributed by atoms with Crippen molar-refractivity contribution in [2.75, 3.05) is 6.61 Å². The van der Waals surface area contributed by atoms with Gasteiger partial charge in [0.1, 0.15) is 11.3 Å². The Morgan fingerprint density at radius 1 is 1.07 bits per heavy atom. The molecule has 0 atom stereocenters. The van der Waals surface area contributed by atoms with Crippen LogP contribution in [-0.2, 0) is 4.79 Å². The predicted molar refractivity (Wildman–Crippen MR) is 99.5 cm³/mol. The van der Waals surface area contributed by atoms with Crippen LogP contribution < -0.4 is 15.6 Å². The molecular formula is C19H21N5O3. The lowest BCUT2D eigenvalue weighted by atomic mass is 10.2. The summed E-state index contributed by atoms with van der Waals surface area (Å²) in [6, 6.07) is 9.21. The molecule has 0 saturated carbocycles. The Morgan fingerprint density at radius 2 is 1.78 bits per heavy atom. The quantitative estimate of drug-likeness (QED) is 0.686. The lowest BCUT2D eigenvalue weighted by molar-refractivity contribution is -0.123. The Kier molecular flexibility index (Phi) is 5.07. The second-order valence-electron chi connectivity index (χ2n) is 6.34. The smallest absolute Gasteiger partial charge is 0.276 e. The molecule has 8 heteroatoms. The normalized spacial score (nSPS) is 10.7. The van der Waals surface area contributed by atoms with Crippen LogP contribution in [-0.4, -0.2) is 33.0 Å². The van der Waals surface area contributed by atoms with E-state index in [0.717, 1.165) is 17.0 Å². The first-order valence-corrected chi connectivity index (χ1v) is 8.47. The van der Waals surface area contributed by atoms with Crippen molar-refractivity contribution in [1.82, 2.24) is 25.4 Å². The van der Waals surface area contributed by atoms with Crippen LogP contribution in [0, 0.1) is 27.7 Å². The maximum atomic E-state index is 12.5. The summed E-state index contributed by atoms with van der Waals surface area (Å²) in [6.07, 6.45) is 0. The molecule has 0 aliphatic heterocycles. The number of hydrogen-bond donors (Lipinski definition) is 2. The fourth-order valence-electron chi connectivity index (χ4n) is 2.70. The zero-order valence-electron chi connectivity index (χ0n) is 15.7. The Hall–Kier alpha value is -3.42. The van der Waals surface area contributed by atoms with Crippen LogP contribution in [0.2, 0.25) is 0 Å². The maximum Gasteiger partial charge on any atom is 0.276 e. The van der Waals surface area contributed by atoms with Gasteiger partial charge < -0.3 is 4.74 Å². The average molecular weight is 367 g/mol. The van der Waals surface area contributed by atoms with Crippen LogP contribution >= 0.6 is 0 Å². The lowest BCUT2D eigenvalue weighted by Crippen LogP contribution is -2.44. The van der Waals surface area contributed by atoms with Gasteiger partial charge >= 0.3 is 0 Å². The molecule has 0 fully saturated rings. The third-order valence-corrected chi connectivity index (χ3v) is 4.00. The third kappa shape index (κ3) is 4.05. The molecule has 0 unspecified atom stereocenters. The van der Waals surface area contributed by atoms with Gasteiger partial charge in [-0.3, -0.25) is 20.4 Å². The SMILES string of the molecule is Cc1ccc(OCC(=O)NNC(=O)c2c(C)nn3c(C)cc(C)nc23)cc1. The number of carbonyl (C=O) groups excluding carboxylic acids is 2. The second kappa shape index (κ2) is 7.45. The van der Waals surface area contributed by atoms with Gasteiger partial charge in [0.15, 0.2) is 12.3 Å². The highest BCUT2D eigenvalue weighted by molar-refractivity contribution is 6.01. The molecule has 0 aliphatic rings. The second-order valence-corrected chi connectivity index (χ2v) is 6.34. The minimum atomic E-state index is -0.483. The molecule has 2 N–H and O–H groups in total. The number of fused-ring (bicyclic) bond motifs is 1. The molecule has 0 saturated heterocycles. The zero-order chi connectivity index (χ0) is 19.6. The predicted octanol–water partition coefficient (Wildman–Crippen LogP) is 1.80. The Balaban J connectivity index is 1.64. The number of aromatic nitrogens is 3. The fraction of sp³-hybridized carbons (Fsp3) is 0.263. The summed E-state index contributed by atoms with van der Waals surface area (Å²) in [4.78, 5) is 28.8. The van der Waals surface area contributed by atoms with Crippen LogP contribution in [0.4, 0.5) is 0 Å². The van der Waals surface area contributed by atoms with Crippen molar-refractivity contribution >= 4 is 17.5 Å². The largest absolute Gasteiger partial charge is 0.484 e. The van der Waals surface area contributed by atoms with Crippen molar-refractivity contribution in [2.45, 2.75) is 27.7 Å². The molecule has 2 heterocycles. The first-order chi connectivity index (χ1) is 12.8. The van der Waals surface area contributed by atoms with E-state index in [1.165, 1.54) is 0 Å². The molecule has 0 bridgehead atoms. The number of carbonyl (C=O) groups is 2. The van der Waals surface area contributed by atoms with E-state index < -0.39 is 11.8 Å².